The highest BCUT2D eigenvalue weighted by Gasteiger charge is 2.16. The number of hydrogen-bond acceptors (Lipinski definition) is 5. The minimum Gasteiger partial charge on any atom is -0.489 e. The zero-order valence-corrected chi connectivity index (χ0v) is 19.6. The highest BCUT2D eigenvalue weighted by Crippen LogP contribution is 2.29. The second-order valence-electron chi connectivity index (χ2n) is 7.91. The molecule has 6 nitrogen and oxygen atoms in total. The van der Waals surface area contributed by atoms with E-state index in [9.17, 15) is 10.1 Å². The van der Waals surface area contributed by atoms with E-state index in [-0.39, 0.29) is 12.2 Å². The summed E-state index contributed by atoms with van der Waals surface area (Å²) in [7, 11) is 0. The fourth-order valence-electron chi connectivity index (χ4n) is 3.52. The molecule has 0 amide bonds. The molecule has 4 aromatic rings. The minimum atomic E-state index is -0.663. The number of para-hydroxylation sites is 1. The summed E-state index contributed by atoms with van der Waals surface area (Å²) in [5.41, 5.74) is 5.08. The molecule has 0 saturated heterocycles. The average Bonchev–Trinajstić information content (AvgIpc) is 3.32. The van der Waals surface area contributed by atoms with Crippen molar-refractivity contribution in [2.75, 3.05) is 6.61 Å². The lowest BCUT2D eigenvalue weighted by molar-refractivity contribution is -0.137. The predicted octanol–water partition coefficient (Wildman–Crippen LogP) is 5.90. The van der Waals surface area contributed by atoms with Crippen molar-refractivity contribution in [2.24, 2.45) is 0 Å². The Morgan fingerprint density at radius 1 is 1.06 bits per heavy atom. The van der Waals surface area contributed by atoms with Gasteiger partial charge in [-0.15, -0.1) is 0 Å². The SMILES string of the molecule is CCOC(=O)C(C#N)=Cc1cn(-c2ccccc2)nc1-c1cccc(OCc2ccc(C)cc2)c1. The molecule has 1 heterocycles. The summed E-state index contributed by atoms with van der Waals surface area (Å²) in [6, 6.07) is 27.4. The van der Waals surface area contributed by atoms with Gasteiger partial charge in [0, 0.05) is 17.3 Å². The van der Waals surface area contributed by atoms with Gasteiger partial charge in [0.1, 0.15) is 29.7 Å². The van der Waals surface area contributed by atoms with Crippen molar-refractivity contribution in [3.05, 3.63) is 107 Å². The molecule has 0 aliphatic rings. The molecule has 0 fully saturated rings. The fraction of sp³-hybridized carbons (Fsp3) is 0.138. The third-order valence-corrected chi connectivity index (χ3v) is 5.31. The van der Waals surface area contributed by atoms with Crippen LogP contribution >= 0.6 is 0 Å². The molecule has 0 bridgehead atoms. The number of carbonyl (C=O) groups is 1. The second-order valence-corrected chi connectivity index (χ2v) is 7.91. The van der Waals surface area contributed by atoms with Crippen LogP contribution in [0.1, 0.15) is 23.6 Å². The van der Waals surface area contributed by atoms with Gasteiger partial charge in [0.2, 0.25) is 0 Å². The van der Waals surface area contributed by atoms with Crippen molar-refractivity contribution in [3.8, 4) is 28.8 Å². The van der Waals surface area contributed by atoms with Crippen LogP contribution in [0, 0.1) is 18.3 Å². The lowest BCUT2D eigenvalue weighted by Gasteiger charge is -2.08. The molecule has 0 aliphatic carbocycles. The average molecular weight is 464 g/mol. The highest BCUT2D eigenvalue weighted by molar-refractivity contribution is 5.98. The number of aromatic nitrogens is 2. The number of rotatable bonds is 8. The van der Waals surface area contributed by atoms with Crippen molar-refractivity contribution in [1.29, 1.82) is 5.26 Å². The zero-order chi connectivity index (χ0) is 24.6. The summed E-state index contributed by atoms with van der Waals surface area (Å²) in [6.45, 7) is 4.38. The number of esters is 1. The number of aryl methyl sites for hydroxylation is 1. The molecule has 4 rings (SSSR count). The first kappa shape index (κ1) is 23.5. The van der Waals surface area contributed by atoms with Gasteiger partial charge in [0.05, 0.1) is 12.3 Å². The van der Waals surface area contributed by atoms with Gasteiger partial charge in [0.15, 0.2) is 0 Å². The molecule has 0 aliphatic heterocycles. The summed E-state index contributed by atoms with van der Waals surface area (Å²) in [5.74, 6) is 0.0294. The van der Waals surface area contributed by atoms with Crippen LogP contribution in [0.25, 0.3) is 23.0 Å². The standard InChI is InChI=1S/C29H25N3O3/c1-3-34-29(33)24(18-30)16-25-19-32(26-9-5-4-6-10-26)31-28(25)23-8-7-11-27(17-23)35-20-22-14-12-21(2)13-15-22/h4-17,19H,3,20H2,1-2H3. The van der Waals surface area contributed by atoms with Crippen LogP contribution in [0.2, 0.25) is 0 Å². The van der Waals surface area contributed by atoms with Crippen molar-refractivity contribution in [2.45, 2.75) is 20.5 Å². The maximum absolute atomic E-state index is 12.2. The van der Waals surface area contributed by atoms with E-state index < -0.39 is 5.97 Å². The lowest BCUT2D eigenvalue weighted by atomic mass is 10.1. The zero-order valence-electron chi connectivity index (χ0n) is 19.6. The molecule has 0 spiro atoms. The Bertz CT molecular complexity index is 1380. The van der Waals surface area contributed by atoms with Crippen LogP contribution in [0.5, 0.6) is 5.75 Å². The van der Waals surface area contributed by atoms with E-state index in [2.05, 4.69) is 12.1 Å². The third kappa shape index (κ3) is 5.84. The van der Waals surface area contributed by atoms with Crippen molar-refractivity contribution in [3.63, 3.8) is 0 Å². The Hall–Kier alpha value is -4.63. The van der Waals surface area contributed by atoms with Crippen LogP contribution in [-0.4, -0.2) is 22.4 Å². The monoisotopic (exact) mass is 463 g/mol. The molecule has 6 heteroatoms. The van der Waals surface area contributed by atoms with E-state index in [1.807, 2.05) is 79.7 Å². The van der Waals surface area contributed by atoms with Crippen LogP contribution in [0.3, 0.4) is 0 Å². The quantitative estimate of drug-likeness (QED) is 0.185. The van der Waals surface area contributed by atoms with E-state index >= 15 is 0 Å². The molecule has 1 aromatic heterocycles. The Balaban J connectivity index is 1.70. The summed E-state index contributed by atoms with van der Waals surface area (Å²) < 4.78 is 12.8. The van der Waals surface area contributed by atoms with Gasteiger partial charge in [-0.25, -0.2) is 9.48 Å². The van der Waals surface area contributed by atoms with E-state index in [4.69, 9.17) is 14.6 Å². The highest BCUT2D eigenvalue weighted by atomic mass is 16.5. The first-order valence-corrected chi connectivity index (χ1v) is 11.3. The molecular formula is C29H25N3O3. The van der Waals surface area contributed by atoms with Crippen LogP contribution in [-0.2, 0) is 16.1 Å². The van der Waals surface area contributed by atoms with Crippen LogP contribution in [0.15, 0.2) is 90.6 Å². The van der Waals surface area contributed by atoms with Gasteiger partial charge < -0.3 is 9.47 Å². The lowest BCUT2D eigenvalue weighted by Crippen LogP contribution is -2.06. The maximum atomic E-state index is 12.2. The third-order valence-electron chi connectivity index (χ3n) is 5.31. The van der Waals surface area contributed by atoms with Crippen molar-refractivity contribution < 1.29 is 14.3 Å². The van der Waals surface area contributed by atoms with Gasteiger partial charge >= 0.3 is 5.97 Å². The molecule has 0 radical (unpaired) electrons. The van der Waals surface area contributed by atoms with Crippen molar-refractivity contribution >= 4 is 12.0 Å². The Morgan fingerprint density at radius 3 is 2.54 bits per heavy atom. The van der Waals surface area contributed by atoms with E-state index in [1.165, 1.54) is 11.6 Å². The summed E-state index contributed by atoms with van der Waals surface area (Å²) in [6.07, 6.45) is 3.31. The van der Waals surface area contributed by atoms with Crippen LogP contribution in [0.4, 0.5) is 0 Å². The number of nitriles is 1. The number of benzene rings is 3. The van der Waals surface area contributed by atoms with E-state index in [0.717, 1.165) is 16.8 Å². The van der Waals surface area contributed by atoms with Crippen molar-refractivity contribution in [1.82, 2.24) is 9.78 Å². The Kier molecular flexibility index (Phi) is 7.39. The maximum Gasteiger partial charge on any atom is 0.348 e. The number of ether oxygens (including phenoxy) is 2. The predicted molar refractivity (Wildman–Crippen MR) is 135 cm³/mol. The number of carbonyl (C=O) groups excluding carboxylic acids is 1. The smallest absolute Gasteiger partial charge is 0.348 e. The normalized spacial score (nSPS) is 11.1. The molecule has 35 heavy (non-hydrogen) atoms. The number of hydrogen-bond donors (Lipinski definition) is 0. The summed E-state index contributed by atoms with van der Waals surface area (Å²) >= 11 is 0. The largest absolute Gasteiger partial charge is 0.489 e. The molecule has 0 unspecified atom stereocenters. The molecule has 0 N–H and O–H groups in total. The number of nitrogens with zero attached hydrogens (tertiary/aromatic N) is 3. The summed E-state index contributed by atoms with van der Waals surface area (Å²) in [4.78, 5) is 12.2. The second kappa shape index (κ2) is 11.0. The molecule has 0 saturated carbocycles. The van der Waals surface area contributed by atoms with Gasteiger partial charge in [-0.1, -0.05) is 60.2 Å². The Morgan fingerprint density at radius 2 is 1.83 bits per heavy atom. The molecule has 0 atom stereocenters. The minimum absolute atomic E-state index is 0.0903. The first-order valence-electron chi connectivity index (χ1n) is 11.3. The fourth-order valence-corrected chi connectivity index (χ4v) is 3.52. The van der Waals surface area contributed by atoms with E-state index in [1.54, 1.807) is 17.8 Å². The van der Waals surface area contributed by atoms with Gasteiger partial charge in [-0.05, 0) is 49.8 Å². The first-order chi connectivity index (χ1) is 17.1. The van der Waals surface area contributed by atoms with Gasteiger partial charge in [0.25, 0.3) is 0 Å². The topological polar surface area (TPSA) is 77.1 Å². The van der Waals surface area contributed by atoms with Crippen LogP contribution < -0.4 is 4.74 Å². The molecular weight excluding hydrogens is 438 g/mol. The summed E-state index contributed by atoms with van der Waals surface area (Å²) in [5, 5.41) is 14.3. The molecule has 3 aromatic carbocycles. The molecule has 174 valence electrons. The van der Waals surface area contributed by atoms with E-state index in [0.29, 0.717) is 23.6 Å². The van der Waals surface area contributed by atoms with Gasteiger partial charge in [-0.2, -0.15) is 10.4 Å². The Labute approximate surface area is 204 Å². The van der Waals surface area contributed by atoms with Gasteiger partial charge in [-0.3, -0.25) is 0 Å².